The molecule has 0 amide bonds. The third-order valence-electron chi connectivity index (χ3n) is 2.28. The zero-order valence-corrected chi connectivity index (χ0v) is 11.0. The van der Waals surface area contributed by atoms with Crippen LogP contribution in [0.25, 0.3) is 0 Å². The van der Waals surface area contributed by atoms with Crippen molar-refractivity contribution in [3.05, 3.63) is 28.3 Å². The fourth-order valence-corrected chi connectivity index (χ4v) is 1.99. The average Bonchev–Trinajstić information content (AvgIpc) is 2.37. The van der Waals surface area contributed by atoms with E-state index in [9.17, 15) is 18.5 Å². The van der Waals surface area contributed by atoms with E-state index in [4.69, 9.17) is 10.00 Å². The lowest BCUT2D eigenvalue weighted by molar-refractivity contribution is -0.385. The van der Waals surface area contributed by atoms with Crippen LogP contribution in [0.15, 0.2) is 18.2 Å². The highest BCUT2D eigenvalue weighted by Crippen LogP contribution is 2.30. The van der Waals surface area contributed by atoms with E-state index in [-0.39, 0.29) is 17.1 Å². The number of nitro benzene ring substituents is 1. The van der Waals surface area contributed by atoms with Gasteiger partial charge in [-0.3, -0.25) is 14.8 Å². The second kappa shape index (κ2) is 5.53. The van der Waals surface area contributed by atoms with E-state index < -0.39 is 20.2 Å². The highest BCUT2D eigenvalue weighted by atomic mass is 32.2. The van der Waals surface area contributed by atoms with Gasteiger partial charge in [0, 0.05) is 6.07 Å². The standard InChI is InChI=1S/C10H11N3O5S/c1-7(6-11)19(16,17)12-8-3-4-10(18-2)9(5-8)13(14)15/h3-5,7,12H,1-2H3. The van der Waals surface area contributed by atoms with E-state index in [1.54, 1.807) is 6.07 Å². The van der Waals surface area contributed by atoms with Crippen molar-refractivity contribution >= 4 is 21.4 Å². The molecule has 0 fully saturated rings. The number of nitrogens with one attached hydrogen (secondary N) is 1. The van der Waals surface area contributed by atoms with Gasteiger partial charge in [0.2, 0.25) is 10.0 Å². The minimum atomic E-state index is -3.90. The summed E-state index contributed by atoms with van der Waals surface area (Å²) < 4.78 is 30.2. The van der Waals surface area contributed by atoms with Crippen LogP contribution < -0.4 is 9.46 Å². The number of ether oxygens (including phenoxy) is 1. The molecule has 1 unspecified atom stereocenters. The largest absolute Gasteiger partial charge is 0.490 e. The maximum absolute atomic E-state index is 11.6. The quantitative estimate of drug-likeness (QED) is 0.641. The van der Waals surface area contributed by atoms with Gasteiger partial charge < -0.3 is 4.74 Å². The number of nitrogens with zero attached hydrogens (tertiary/aromatic N) is 2. The highest BCUT2D eigenvalue weighted by Gasteiger charge is 2.22. The topological polar surface area (TPSA) is 122 Å². The number of benzene rings is 1. The zero-order valence-electron chi connectivity index (χ0n) is 10.2. The average molecular weight is 285 g/mol. The van der Waals surface area contributed by atoms with Gasteiger partial charge in [0.1, 0.15) is 0 Å². The van der Waals surface area contributed by atoms with Crippen LogP contribution in [0, 0.1) is 21.4 Å². The number of sulfonamides is 1. The minimum Gasteiger partial charge on any atom is -0.490 e. The van der Waals surface area contributed by atoms with E-state index in [1.807, 2.05) is 0 Å². The Bertz CT molecular complexity index is 635. The van der Waals surface area contributed by atoms with Crippen molar-refractivity contribution in [1.29, 1.82) is 5.26 Å². The summed E-state index contributed by atoms with van der Waals surface area (Å²) >= 11 is 0. The normalized spacial score (nSPS) is 12.3. The Balaban J connectivity index is 3.15. The number of nitriles is 1. The first kappa shape index (κ1) is 14.7. The van der Waals surface area contributed by atoms with Crippen LogP contribution in [0.5, 0.6) is 5.75 Å². The number of hydrogen-bond donors (Lipinski definition) is 1. The molecule has 8 nitrogen and oxygen atoms in total. The van der Waals surface area contributed by atoms with Gasteiger partial charge in [-0.25, -0.2) is 8.42 Å². The Labute approximate surface area is 109 Å². The van der Waals surface area contributed by atoms with E-state index >= 15 is 0 Å². The summed E-state index contributed by atoms with van der Waals surface area (Å²) in [7, 11) is -2.63. The Morgan fingerprint density at radius 1 is 1.53 bits per heavy atom. The molecule has 1 aromatic rings. The third kappa shape index (κ3) is 3.32. The number of methoxy groups -OCH3 is 1. The Kier molecular flexibility index (Phi) is 4.29. The van der Waals surface area contributed by atoms with E-state index in [0.29, 0.717) is 0 Å². The zero-order chi connectivity index (χ0) is 14.6. The van der Waals surface area contributed by atoms with Gasteiger partial charge in [0.05, 0.1) is 23.8 Å². The third-order valence-corrected chi connectivity index (χ3v) is 3.84. The van der Waals surface area contributed by atoms with E-state index in [0.717, 1.165) is 6.07 Å². The molecule has 1 aromatic carbocycles. The molecular formula is C10H11N3O5S. The van der Waals surface area contributed by atoms with Gasteiger partial charge in [-0.2, -0.15) is 5.26 Å². The van der Waals surface area contributed by atoms with Gasteiger partial charge >= 0.3 is 5.69 Å². The number of anilines is 1. The predicted octanol–water partition coefficient (Wildman–Crippen LogP) is 1.26. The molecule has 0 aliphatic heterocycles. The van der Waals surface area contributed by atoms with Crippen LogP contribution in [0.2, 0.25) is 0 Å². The first-order chi connectivity index (χ1) is 8.81. The molecule has 0 saturated carbocycles. The van der Waals surface area contributed by atoms with Crippen LogP contribution in [0.3, 0.4) is 0 Å². The van der Waals surface area contributed by atoms with Crippen LogP contribution in [-0.2, 0) is 10.0 Å². The van der Waals surface area contributed by atoms with Gasteiger partial charge in [-0.15, -0.1) is 0 Å². The second-order valence-corrected chi connectivity index (χ2v) is 5.56. The Morgan fingerprint density at radius 2 is 2.16 bits per heavy atom. The predicted molar refractivity (Wildman–Crippen MR) is 67.3 cm³/mol. The molecule has 0 saturated heterocycles. The first-order valence-corrected chi connectivity index (χ1v) is 6.60. The van der Waals surface area contributed by atoms with Gasteiger partial charge in [-0.05, 0) is 19.1 Å². The highest BCUT2D eigenvalue weighted by molar-refractivity contribution is 7.93. The molecule has 0 spiro atoms. The smallest absolute Gasteiger partial charge is 0.312 e. The van der Waals surface area contributed by atoms with Crippen molar-refractivity contribution in [2.75, 3.05) is 11.8 Å². The maximum atomic E-state index is 11.6. The molecule has 0 aromatic heterocycles. The lowest BCUT2D eigenvalue weighted by Crippen LogP contribution is -2.23. The molecule has 102 valence electrons. The lowest BCUT2D eigenvalue weighted by atomic mass is 10.2. The molecular weight excluding hydrogens is 274 g/mol. The monoisotopic (exact) mass is 285 g/mol. The molecule has 0 radical (unpaired) electrons. The number of nitro groups is 1. The van der Waals surface area contributed by atoms with E-state index in [2.05, 4.69) is 4.72 Å². The van der Waals surface area contributed by atoms with Gasteiger partial charge in [-0.1, -0.05) is 0 Å². The number of hydrogen-bond acceptors (Lipinski definition) is 6. The summed E-state index contributed by atoms with van der Waals surface area (Å²) in [6.07, 6.45) is 0. The van der Waals surface area contributed by atoms with Gasteiger partial charge in [0.15, 0.2) is 11.0 Å². The summed E-state index contributed by atoms with van der Waals surface area (Å²) in [5, 5.41) is 18.1. The van der Waals surface area contributed by atoms with Crippen molar-refractivity contribution in [3.8, 4) is 11.8 Å². The molecule has 0 heterocycles. The molecule has 0 aliphatic rings. The van der Waals surface area contributed by atoms with Crippen molar-refractivity contribution in [2.45, 2.75) is 12.2 Å². The van der Waals surface area contributed by atoms with Gasteiger partial charge in [0.25, 0.3) is 0 Å². The SMILES string of the molecule is COc1ccc(NS(=O)(=O)C(C)C#N)cc1[N+](=O)[O-]. The van der Waals surface area contributed by atoms with Crippen LogP contribution in [0.1, 0.15) is 6.92 Å². The maximum Gasteiger partial charge on any atom is 0.312 e. The molecule has 0 aliphatic carbocycles. The van der Waals surface area contributed by atoms with Crippen molar-refractivity contribution in [1.82, 2.24) is 0 Å². The Morgan fingerprint density at radius 3 is 2.63 bits per heavy atom. The Hall–Kier alpha value is -2.34. The van der Waals surface area contributed by atoms with Crippen LogP contribution in [-0.4, -0.2) is 25.7 Å². The van der Waals surface area contributed by atoms with Crippen LogP contribution in [0.4, 0.5) is 11.4 Å². The summed E-state index contributed by atoms with van der Waals surface area (Å²) in [4.78, 5) is 10.1. The molecule has 1 rings (SSSR count). The summed E-state index contributed by atoms with van der Waals surface area (Å²) in [5.41, 5.74) is -0.373. The van der Waals surface area contributed by atoms with E-state index in [1.165, 1.54) is 26.2 Å². The molecule has 9 heteroatoms. The second-order valence-electron chi connectivity index (χ2n) is 3.56. The fraction of sp³-hybridized carbons (Fsp3) is 0.300. The summed E-state index contributed by atoms with van der Waals surface area (Å²) in [6, 6.07) is 5.19. The molecule has 1 atom stereocenters. The molecule has 1 N–H and O–H groups in total. The first-order valence-electron chi connectivity index (χ1n) is 5.05. The fourth-order valence-electron chi connectivity index (χ4n) is 1.22. The van der Waals surface area contributed by atoms with Crippen molar-refractivity contribution in [3.63, 3.8) is 0 Å². The molecule has 0 bridgehead atoms. The molecule has 19 heavy (non-hydrogen) atoms. The summed E-state index contributed by atoms with van der Waals surface area (Å²) in [5.74, 6) is 0.0151. The minimum absolute atomic E-state index is 0.00500. The van der Waals surface area contributed by atoms with Crippen LogP contribution >= 0.6 is 0 Å². The lowest BCUT2D eigenvalue weighted by Gasteiger charge is -2.10. The summed E-state index contributed by atoms with van der Waals surface area (Å²) in [6.45, 7) is 1.21. The number of rotatable bonds is 5. The van der Waals surface area contributed by atoms with Crippen molar-refractivity contribution in [2.24, 2.45) is 0 Å². The van der Waals surface area contributed by atoms with Crippen molar-refractivity contribution < 1.29 is 18.1 Å².